The number of aliphatic hydroxyl groups is 2. The molecule has 0 heterocycles. The molecule has 0 aromatic rings. The quantitative estimate of drug-likeness (QED) is 0.0417. The highest BCUT2D eigenvalue weighted by atomic mass is 16.5. The van der Waals surface area contributed by atoms with Crippen molar-refractivity contribution < 1.29 is 24.5 Å². The molecule has 0 bridgehead atoms. The predicted octanol–water partition coefficient (Wildman–Crippen LogP) is 26.1. The number of ether oxygens (including phenoxy) is 1. The molecule has 3 N–H and O–H groups in total. The van der Waals surface area contributed by atoms with Crippen molar-refractivity contribution in [2.75, 3.05) is 13.2 Å². The highest BCUT2D eigenvalue weighted by molar-refractivity contribution is 5.76. The molecule has 0 aromatic carbocycles. The van der Waals surface area contributed by atoms with Gasteiger partial charge in [0.25, 0.3) is 0 Å². The summed E-state index contributed by atoms with van der Waals surface area (Å²) in [5.41, 5.74) is 0. The molecule has 0 saturated heterocycles. The van der Waals surface area contributed by atoms with Crippen LogP contribution in [0.25, 0.3) is 0 Å². The Morgan fingerprint density at radius 1 is 0.282 bits per heavy atom. The summed E-state index contributed by atoms with van der Waals surface area (Å²) in [6.07, 6.45) is 93.3. The molecular weight excluding hydrogens is 1040 g/mol. The number of carbonyl (C=O) groups is 2. The fourth-order valence-electron chi connectivity index (χ4n) is 13.1. The third kappa shape index (κ3) is 71.8. The van der Waals surface area contributed by atoms with E-state index in [1.54, 1.807) is 0 Å². The van der Waals surface area contributed by atoms with Gasteiger partial charge in [-0.15, -0.1) is 0 Å². The van der Waals surface area contributed by atoms with Gasteiger partial charge in [0.05, 0.1) is 25.4 Å². The Bertz CT molecular complexity index is 1240. The van der Waals surface area contributed by atoms with Crippen LogP contribution in [0.5, 0.6) is 0 Å². The summed E-state index contributed by atoms with van der Waals surface area (Å²) in [5.74, 6) is -0.00212. The third-order valence-electron chi connectivity index (χ3n) is 19.2. The number of unbranched alkanes of at least 4 members (excludes halogenated alkanes) is 65. The van der Waals surface area contributed by atoms with Crippen molar-refractivity contribution in [1.29, 1.82) is 0 Å². The van der Waals surface area contributed by atoms with Gasteiger partial charge in [0.1, 0.15) is 0 Å². The number of nitrogens with one attached hydrogen (secondary N) is 1. The molecule has 85 heavy (non-hydrogen) atoms. The monoisotopic (exact) mass is 1200 g/mol. The van der Waals surface area contributed by atoms with Crippen LogP contribution in [0.3, 0.4) is 0 Å². The van der Waals surface area contributed by atoms with Gasteiger partial charge in [0.15, 0.2) is 0 Å². The van der Waals surface area contributed by atoms with Crippen molar-refractivity contribution in [2.45, 2.75) is 482 Å². The lowest BCUT2D eigenvalue weighted by molar-refractivity contribution is -0.143. The summed E-state index contributed by atoms with van der Waals surface area (Å²) in [6.45, 7) is 5.02. The van der Waals surface area contributed by atoms with E-state index in [2.05, 4.69) is 19.2 Å². The minimum atomic E-state index is -0.663. The smallest absolute Gasteiger partial charge is 0.305 e. The van der Waals surface area contributed by atoms with Crippen LogP contribution in [-0.2, 0) is 14.3 Å². The Kier molecular flexibility index (Phi) is 74.3. The Balaban J connectivity index is 3.34. The van der Waals surface area contributed by atoms with Gasteiger partial charge < -0.3 is 20.3 Å². The molecule has 0 aliphatic rings. The molecule has 6 heteroatoms. The first-order chi connectivity index (χ1) is 42.0. The maximum atomic E-state index is 12.6. The first-order valence-corrected chi connectivity index (χ1v) is 39.8. The lowest BCUT2D eigenvalue weighted by atomic mass is 10.0. The molecular formula is C79H157NO5. The van der Waals surface area contributed by atoms with Crippen LogP contribution in [0.1, 0.15) is 470 Å². The third-order valence-corrected chi connectivity index (χ3v) is 19.2. The topological polar surface area (TPSA) is 95.9 Å². The number of hydrogen-bond donors (Lipinski definition) is 3. The van der Waals surface area contributed by atoms with Gasteiger partial charge >= 0.3 is 5.97 Å². The van der Waals surface area contributed by atoms with E-state index in [0.717, 1.165) is 38.5 Å². The van der Waals surface area contributed by atoms with E-state index in [9.17, 15) is 19.8 Å². The van der Waals surface area contributed by atoms with E-state index in [1.807, 2.05) is 0 Å². The van der Waals surface area contributed by atoms with Gasteiger partial charge in [-0.3, -0.25) is 9.59 Å². The van der Waals surface area contributed by atoms with E-state index in [-0.39, 0.29) is 18.5 Å². The lowest BCUT2D eigenvalue weighted by Crippen LogP contribution is -2.45. The number of rotatable bonds is 76. The Morgan fingerprint density at radius 3 is 0.718 bits per heavy atom. The molecule has 6 nitrogen and oxygen atoms in total. The van der Waals surface area contributed by atoms with E-state index in [0.29, 0.717) is 25.9 Å². The molecule has 0 aliphatic heterocycles. The number of aliphatic hydroxyl groups excluding tert-OH is 2. The first-order valence-electron chi connectivity index (χ1n) is 39.8. The standard InChI is InChI=1S/C79H157NO5/c1-3-5-7-9-11-13-15-17-19-21-22-23-24-28-31-34-37-40-43-47-51-55-59-63-67-71-77(82)76(75-81)80-78(83)72-68-64-60-56-52-48-44-41-38-35-32-29-26-25-27-30-33-36-39-42-46-50-54-58-62-66-70-74-85-79(84)73-69-65-61-57-53-49-45-20-18-16-14-12-10-8-6-4-2/h76-77,81-82H,3-75H2,1-2H3,(H,80,83). The minimum absolute atomic E-state index is 0.0233. The van der Waals surface area contributed by atoms with Crippen molar-refractivity contribution in [2.24, 2.45) is 0 Å². The Labute approximate surface area is 534 Å². The van der Waals surface area contributed by atoms with Gasteiger partial charge in [-0.1, -0.05) is 431 Å². The molecule has 0 saturated carbocycles. The Hall–Kier alpha value is -1.14. The molecule has 2 unspecified atom stereocenters. The molecule has 0 spiro atoms. The van der Waals surface area contributed by atoms with E-state index < -0.39 is 12.1 Å². The predicted molar refractivity (Wildman–Crippen MR) is 375 cm³/mol. The molecule has 0 radical (unpaired) electrons. The zero-order valence-electron chi connectivity index (χ0n) is 58.4. The maximum Gasteiger partial charge on any atom is 0.305 e. The van der Waals surface area contributed by atoms with Crippen molar-refractivity contribution in [1.82, 2.24) is 5.32 Å². The highest BCUT2D eigenvalue weighted by Crippen LogP contribution is 2.21. The maximum absolute atomic E-state index is 12.6. The van der Waals surface area contributed by atoms with Crippen molar-refractivity contribution >= 4 is 11.9 Å². The summed E-state index contributed by atoms with van der Waals surface area (Å²) in [4.78, 5) is 24.7. The second-order valence-electron chi connectivity index (χ2n) is 27.8. The molecule has 0 rings (SSSR count). The number of hydrogen-bond acceptors (Lipinski definition) is 5. The van der Waals surface area contributed by atoms with Crippen molar-refractivity contribution in [3.8, 4) is 0 Å². The zero-order chi connectivity index (χ0) is 61.3. The summed E-state index contributed by atoms with van der Waals surface area (Å²) >= 11 is 0. The second-order valence-corrected chi connectivity index (χ2v) is 27.8. The van der Waals surface area contributed by atoms with Gasteiger partial charge in [0, 0.05) is 12.8 Å². The molecule has 0 aliphatic carbocycles. The summed E-state index contributed by atoms with van der Waals surface area (Å²) in [6, 6.07) is -0.540. The summed E-state index contributed by atoms with van der Waals surface area (Å²) in [7, 11) is 0. The molecule has 0 fully saturated rings. The number of amides is 1. The van der Waals surface area contributed by atoms with Crippen molar-refractivity contribution in [3.63, 3.8) is 0 Å². The van der Waals surface area contributed by atoms with E-state index >= 15 is 0 Å². The van der Waals surface area contributed by atoms with E-state index in [4.69, 9.17) is 4.74 Å². The van der Waals surface area contributed by atoms with Crippen LogP contribution in [-0.4, -0.2) is 47.4 Å². The van der Waals surface area contributed by atoms with Gasteiger partial charge in [-0.25, -0.2) is 0 Å². The van der Waals surface area contributed by atoms with Crippen LogP contribution in [0.4, 0.5) is 0 Å². The van der Waals surface area contributed by atoms with E-state index in [1.165, 1.54) is 398 Å². The highest BCUT2D eigenvalue weighted by Gasteiger charge is 2.20. The fraction of sp³-hybridized carbons (Fsp3) is 0.975. The summed E-state index contributed by atoms with van der Waals surface area (Å²) in [5, 5.41) is 23.5. The van der Waals surface area contributed by atoms with Crippen LogP contribution >= 0.6 is 0 Å². The second kappa shape index (κ2) is 75.3. The molecule has 508 valence electrons. The zero-order valence-corrected chi connectivity index (χ0v) is 58.4. The normalized spacial score (nSPS) is 12.4. The summed E-state index contributed by atoms with van der Waals surface area (Å²) < 4.78 is 5.51. The molecule has 1 amide bonds. The average Bonchev–Trinajstić information content (AvgIpc) is 3.50. The van der Waals surface area contributed by atoms with Crippen LogP contribution in [0.2, 0.25) is 0 Å². The number of carbonyl (C=O) groups excluding carboxylic acids is 2. The van der Waals surface area contributed by atoms with Gasteiger partial charge in [0.2, 0.25) is 5.91 Å². The molecule has 2 atom stereocenters. The van der Waals surface area contributed by atoms with Crippen molar-refractivity contribution in [3.05, 3.63) is 0 Å². The minimum Gasteiger partial charge on any atom is -0.466 e. The van der Waals surface area contributed by atoms with Crippen LogP contribution < -0.4 is 5.32 Å². The average molecular weight is 1200 g/mol. The lowest BCUT2D eigenvalue weighted by Gasteiger charge is -2.22. The largest absolute Gasteiger partial charge is 0.466 e. The first kappa shape index (κ1) is 83.9. The van der Waals surface area contributed by atoms with Crippen LogP contribution in [0, 0.1) is 0 Å². The van der Waals surface area contributed by atoms with Gasteiger partial charge in [-0.2, -0.15) is 0 Å². The van der Waals surface area contributed by atoms with Crippen LogP contribution in [0.15, 0.2) is 0 Å². The SMILES string of the molecule is CCCCCCCCCCCCCCCCCCCCCCCCCCCC(O)C(CO)NC(=O)CCCCCCCCCCCCCCCCCCCCCCCCCCCCCOC(=O)CCCCCCCCCCCCCCCCCC. The Morgan fingerprint density at radius 2 is 0.482 bits per heavy atom. The number of esters is 1. The fourth-order valence-corrected chi connectivity index (χ4v) is 13.1. The van der Waals surface area contributed by atoms with Gasteiger partial charge in [-0.05, 0) is 25.7 Å². The molecule has 0 aromatic heterocycles.